The molecule has 3 aromatic carbocycles. The molecular weight excluding hydrogens is 454 g/mol. The van der Waals surface area contributed by atoms with Gasteiger partial charge in [-0.3, -0.25) is 4.79 Å². The van der Waals surface area contributed by atoms with Crippen LogP contribution in [0.15, 0.2) is 70.6 Å². The standard InChI is InChI=1S/C25H25N3O3S2/c1-17-6-5-15-28(16-17)33(30,31)20-12-9-19(10-13-20)24(29)26-25-27(2)22-14-11-18-7-3-4-8-21(18)23(22)32-25/h3-4,7-14,17H,5-6,15-16H2,1-2H3. The quantitative estimate of drug-likeness (QED) is 0.433. The number of piperidine rings is 1. The first-order chi connectivity index (χ1) is 15.8. The van der Waals surface area contributed by atoms with Crippen molar-refractivity contribution in [3.8, 4) is 0 Å². The summed E-state index contributed by atoms with van der Waals surface area (Å²) in [6, 6.07) is 18.4. The summed E-state index contributed by atoms with van der Waals surface area (Å²) in [7, 11) is -1.65. The Kier molecular flexibility index (Phi) is 5.68. The molecule has 5 rings (SSSR count). The fraction of sp³-hybridized carbons (Fsp3) is 0.280. The fourth-order valence-corrected chi connectivity index (χ4v) is 7.15. The Balaban J connectivity index is 1.46. The highest BCUT2D eigenvalue weighted by Crippen LogP contribution is 2.27. The van der Waals surface area contributed by atoms with E-state index in [4.69, 9.17) is 0 Å². The van der Waals surface area contributed by atoms with Crippen molar-refractivity contribution in [2.24, 2.45) is 18.0 Å². The average Bonchev–Trinajstić information content (AvgIpc) is 3.14. The summed E-state index contributed by atoms with van der Waals surface area (Å²) >= 11 is 1.48. The molecule has 170 valence electrons. The molecule has 1 aromatic heterocycles. The summed E-state index contributed by atoms with van der Waals surface area (Å²) in [5.74, 6) is -0.0376. The van der Waals surface area contributed by atoms with E-state index in [0.717, 1.165) is 33.8 Å². The minimum atomic E-state index is -3.55. The minimum Gasteiger partial charge on any atom is -0.319 e. The van der Waals surface area contributed by atoms with E-state index < -0.39 is 15.9 Å². The third-order valence-electron chi connectivity index (χ3n) is 6.26. The molecular formula is C25H25N3O3S2. The summed E-state index contributed by atoms with van der Waals surface area (Å²) in [6.07, 6.45) is 1.92. The number of hydrogen-bond acceptors (Lipinski definition) is 4. The van der Waals surface area contributed by atoms with Gasteiger partial charge in [0, 0.05) is 31.1 Å². The lowest BCUT2D eigenvalue weighted by molar-refractivity contribution is 0.0998. The molecule has 0 spiro atoms. The molecule has 33 heavy (non-hydrogen) atoms. The lowest BCUT2D eigenvalue weighted by atomic mass is 10.0. The third-order valence-corrected chi connectivity index (χ3v) is 9.32. The number of amides is 1. The molecule has 0 N–H and O–H groups in total. The van der Waals surface area contributed by atoms with Gasteiger partial charge in [-0.2, -0.15) is 9.30 Å². The van der Waals surface area contributed by atoms with Crippen molar-refractivity contribution >= 4 is 48.3 Å². The summed E-state index contributed by atoms with van der Waals surface area (Å²) < 4.78 is 30.5. The highest BCUT2D eigenvalue weighted by molar-refractivity contribution is 7.89. The van der Waals surface area contributed by atoms with Crippen LogP contribution in [0.1, 0.15) is 30.1 Å². The van der Waals surface area contributed by atoms with Gasteiger partial charge in [0.15, 0.2) is 4.80 Å². The normalized spacial score (nSPS) is 18.2. The van der Waals surface area contributed by atoms with E-state index >= 15 is 0 Å². The minimum absolute atomic E-state index is 0.215. The van der Waals surface area contributed by atoms with E-state index in [0.29, 0.717) is 29.4 Å². The number of aromatic nitrogens is 1. The maximum atomic E-state index is 13.0. The van der Waals surface area contributed by atoms with Crippen LogP contribution in [0.2, 0.25) is 0 Å². The molecule has 1 atom stereocenters. The number of benzene rings is 3. The number of hydrogen-bond donors (Lipinski definition) is 0. The zero-order valence-electron chi connectivity index (χ0n) is 18.6. The smallest absolute Gasteiger partial charge is 0.279 e. The lowest BCUT2D eigenvalue weighted by Gasteiger charge is -2.30. The van der Waals surface area contributed by atoms with Gasteiger partial charge >= 0.3 is 0 Å². The van der Waals surface area contributed by atoms with E-state index in [9.17, 15) is 13.2 Å². The molecule has 1 unspecified atom stereocenters. The molecule has 8 heteroatoms. The predicted octanol–water partition coefficient (Wildman–Crippen LogP) is 4.55. The Bertz CT molecular complexity index is 1530. The second-order valence-electron chi connectivity index (χ2n) is 8.63. The van der Waals surface area contributed by atoms with Gasteiger partial charge in [0.05, 0.1) is 15.1 Å². The SMILES string of the molecule is CC1CCCN(S(=O)(=O)c2ccc(C(=O)N=c3sc4c5ccccc5ccc4n3C)cc2)C1. The van der Waals surface area contributed by atoms with Crippen LogP contribution in [0.4, 0.5) is 0 Å². The van der Waals surface area contributed by atoms with E-state index in [2.05, 4.69) is 30.1 Å². The zero-order valence-corrected chi connectivity index (χ0v) is 20.2. The topological polar surface area (TPSA) is 71.7 Å². The third kappa shape index (κ3) is 4.03. The number of carbonyl (C=O) groups excluding carboxylic acids is 1. The Morgan fingerprint density at radius 3 is 2.58 bits per heavy atom. The van der Waals surface area contributed by atoms with E-state index in [1.54, 1.807) is 16.4 Å². The highest BCUT2D eigenvalue weighted by atomic mass is 32.2. The molecule has 1 aliphatic heterocycles. The van der Waals surface area contributed by atoms with Crippen molar-refractivity contribution in [1.29, 1.82) is 0 Å². The molecule has 6 nitrogen and oxygen atoms in total. The number of nitrogens with zero attached hydrogens (tertiary/aromatic N) is 3. The van der Waals surface area contributed by atoms with Gasteiger partial charge in [-0.25, -0.2) is 8.42 Å². The van der Waals surface area contributed by atoms with Gasteiger partial charge in [0.1, 0.15) is 0 Å². The van der Waals surface area contributed by atoms with E-state index in [-0.39, 0.29) is 4.90 Å². The number of aryl methyl sites for hydroxylation is 1. The number of carbonyl (C=O) groups is 1. The van der Waals surface area contributed by atoms with Crippen molar-refractivity contribution in [3.05, 3.63) is 71.0 Å². The van der Waals surface area contributed by atoms with E-state index in [1.807, 2.05) is 29.8 Å². The molecule has 1 fully saturated rings. The summed E-state index contributed by atoms with van der Waals surface area (Å²) in [6.45, 7) is 3.15. The largest absolute Gasteiger partial charge is 0.319 e. The molecule has 1 amide bonds. The Morgan fingerprint density at radius 2 is 1.82 bits per heavy atom. The van der Waals surface area contributed by atoms with Gasteiger partial charge in [0.25, 0.3) is 5.91 Å². The molecule has 0 bridgehead atoms. The second-order valence-corrected chi connectivity index (χ2v) is 11.5. The van der Waals surface area contributed by atoms with Crippen LogP contribution in [0, 0.1) is 5.92 Å². The fourth-order valence-electron chi connectivity index (χ4n) is 4.40. The van der Waals surface area contributed by atoms with Crippen LogP contribution in [0.5, 0.6) is 0 Å². The first-order valence-corrected chi connectivity index (χ1v) is 13.3. The summed E-state index contributed by atoms with van der Waals surface area (Å²) in [4.78, 5) is 18.0. The molecule has 0 saturated carbocycles. The molecule has 2 heterocycles. The Morgan fingerprint density at radius 1 is 1.06 bits per heavy atom. The Labute approximate surface area is 196 Å². The Hall–Kier alpha value is -2.81. The van der Waals surface area contributed by atoms with E-state index in [1.165, 1.54) is 23.5 Å². The molecule has 0 radical (unpaired) electrons. The lowest BCUT2D eigenvalue weighted by Crippen LogP contribution is -2.39. The number of sulfonamides is 1. The van der Waals surface area contributed by atoms with Gasteiger partial charge in [-0.1, -0.05) is 48.6 Å². The van der Waals surface area contributed by atoms with Crippen LogP contribution in [0.25, 0.3) is 21.0 Å². The molecule has 1 aliphatic rings. The first kappa shape index (κ1) is 22.0. The van der Waals surface area contributed by atoms with Crippen LogP contribution in [-0.4, -0.2) is 36.3 Å². The van der Waals surface area contributed by atoms with Crippen LogP contribution in [0.3, 0.4) is 0 Å². The van der Waals surface area contributed by atoms with Crippen molar-refractivity contribution in [1.82, 2.24) is 8.87 Å². The van der Waals surface area contributed by atoms with Crippen LogP contribution >= 0.6 is 11.3 Å². The maximum absolute atomic E-state index is 13.0. The molecule has 0 aliphatic carbocycles. The van der Waals surface area contributed by atoms with Gasteiger partial charge < -0.3 is 4.57 Å². The number of fused-ring (bicyclic) bond motifs is 3. The summed E-state index contributed by atoms with van der Waals surface area (Å²) in [5, 5.41) is 2.27. The second kappa shape index (κ2) is 8.52. The van der Waals surface area contributed by atoms with Gasteiger partial charge in [-0.05, 0) is 54.5 Å². The van der Waals surface area contributed by atoms with Crippen LogP contribution in [-0.2, 0) is 17.1 Å². The molecule has 1 saturated heterocycles. The van der Waals surface area contributed by atoms with Crippen molar-refractivity contribution in [2.45, 2.75) is 24.7 Å². The highest BCUT2D eigenvalue weighted by Gasteiger charge is 2.28. The monoisotopic (exact) mass is 479 g/mol. The zero-order chi connectivity index (χ0) is 23.2. The van der Waals surface area contributed by atoms with Gasteiger partial charge in [-0.15, -0.1) is 0 Å². The van der Waals surface area contributed by atoms with Crippen molar-refractivity contribution in [2.75, 3.05) is 13.1 Å². The maximum Gasteiger partial charge on any atom is 0.279 e. The number of thiazole rings is 1. The predicted molar refractivity (Wildman–Crippen MR) is 132 cm³/mol. The summed E-state index contributed by atoms with van der Waals surface area (Å²) in [5.41, 5.74) is 1.38. The van der Waals surface area contributed by atoms with Crippen molar-refractivity contribution < 1.29 is 13.2 Å². The number of rotatable bonds is 3. The molecule has 4 aromatic rings. The van der Waals surface area contributed by atoms with Crippen LogP contribution < -0.4 is 4.80 Å². The van der Waals surface area contributed by atoms with Crippen molar-refractivity contribution in [3.63, 3.8) is 0 Å². The average molecular weight is 480 g/mol. The van der Waals surface area contributed by atoms with Gasteiger partial charge in [0.2, 0.25) is 10.0 Å². The first-order valence-electron chi connectivity index (χ1n) is 11.0.